The van der Waals surface area contributed by atoms with Crippen LogP contribution in [0.15, 0.2) is 12.1 Å². The summed E-state index contributed by atoms with van der Waals surface area (Å²) >= 11 is 1.49. The fourth-order valence-electron chi connectivity index (χ4n) is 2.93. The Labute approximate surface area is 151 Å². The number of hydrogen-bond acceptors (Lipinski definition) is 5. The molecule has 3 aromatic rings. The van der Waals surface area contributed by atoms with Crippen LogP contribution >= 0.6 is 11.3 Å². The number of rotatable bonds is 5. The largest absolute Gasteiger partial charge is 0.326 e. The second kappa shape index (κ2) is 6.92. The maximum absolute atomic E-state index is 12.3. The van der Waals surface area contributed by atoms with Crippen LogP contribution in [0.5, 0.6) is 0 Å². The van der Waals surface area contributed by atoms with Gasteiger partial charge in [0.15, 0.2) is 5.82 Å². The molecule has 1 aromatic carbocycles. The van der Waals surface area contributed by atoms with E-state index in [4.69, 9.17) is 0 Å². The molecule has 0 spiro atoms. The number of amides is 1. The fourth-order valence-corrected chi connectivity index (χ4v) is 3.77. The molecule has 132 valence electrons. The molecule has 7 heteroatoms. The Morgan fingerprint density at radius 1 is 1.20 bits per heavy atom. The first kappa shape index (κ1) is 17.5. The van der Waals surface area contributed by atoms with Crippen LogP contribution < -0.4 is 5.32 Å². The van der Waals surface area contributed by atoms with Crippen LogP contribution in [0.1, 0.15) is 53.7 Å². The molecule has 6 nitrogen and oxygen atoms in total. The number of anilines is 1. The van der Waals surface area contributed by atoms with E-state index < -0.39 is 0 Å². The van der Waals surface area contributed by atoms with E-state index in [1.165, 1.54) is 16.9 Å². The normalized spacial score (nSPS) is 11.4. The Morgan fingerprint density at radius 3 is 2.52 bits per heavy atom. The molecule has 0 aliphatic heterocycles. The highest BCUT2D eigenvalue weighted by Gasteiger charge is 2.15. The molecule has 2 aromatic heterocycles. The third-order valence-electron chi connectivity index (χ3n) is 4.08. The van der Waals surface area contributed by atoms with Crippen molar-refractivity contribution in [1.82, 2.24) is 19.8 Å². The van der Waals surface area contributed by atoms with Gasteiger partial charge in [-0.1, -0.05) is 42.9 Å². The lowest BCUT2D eigenvalue weighted by molar-refractivity contribution is -0.116. The zero-order valence-corrected chi connectivity index (χ0v) is 16.1. The number of carbonyl (C=O) groups is 1. The molecule has 1 amide bonds. The van der Waals surface area contributed by atoms with E-state index in [9.17, 15) is 4.79 Å². The molecular weight excluding hydrogens is 334 g/mol. The van der Waals surface area contributed by atoms with Crippen LogP contribution in [0.25, 0.3) is 4.96 Å². The number of benzene rings is 1. The topological polar surface area (TPSA) is 72.2 Å². The van der Waals surface area contributed by atoms with Crippen LogP contribution in [0, 0.1) is 20.8 Å². The Bertz CT molecular complexity index is 902. The first-order chi connectivity index (χ1) is 11.8. The van der Waals surface area contributed by atoms with E-state index in [0.717, 1.165) is 32.6 Å². The Hall–Kier alpha value is -2.28. The van der Waals surface area contributed by atoms with E-state index in [1.807, 2.05) is 13.8 Å². The van der Waals surface area contributed by atoms with Crippen molar-refractivity contribution in [1.29, 1.82) is 0 Å². The zero-order chi connectivity index (χ0) is 18.1. The van der Waals surface area contributed by atoms with Crippen molar-refractivity contribution in [2.24, 2.45) is 0 Å². The average Bonchev–Trinajstić information content (AvgIpc) is 3.08. The number of aromatic nitrogens is 4. The summed E-state index contributed by atoms with van der Waals surface area (Å²) in [6.45, 7) is 10.2. The van der Waals surface area contributed by atoms with Crippen molar-refractivity contribution in [2.45, 2.75) is 53.4 Å². The highest BCUT2D eigenvalue weighted by Crippen LogP contribution is 2.23. The summed E-state index contributed by atoms with van der Waals surface area (Å²) in [5.41, 5.74) is 4.29. The van der Waals surface area contributed by atoms with Gasteiger partial charge in [-0.2, -0.15) is 9.61 Å². The summed E-state index contributed by atoms with van der Waals surface area (Å²) in [6, 6.07) is 4.16. The molecular formula is C18H23N5OS. The third-order valence-corrected chi connectivity index (χ3v) is 5.04. The maximum atomic E-state index is 12.3. The molecule has 0 aliphatic rings. The van der Waals surface area contributed by atoms with Crippen molar-refractivity contribution in [3.05, 3.63) is 39.7 Å². The van der Waals surface area contributed by atoms with Crippen molar-refractivity contribution in [2.75, 3.05) is 5.32 Å². The monoisotopic (exact) mass is 357 g/mol. The molecule has 0 bridgehead atoms. The molecule has 3 rings (SSSR count). The summed E-state index contributed by atoms with van der Waals surface area (Å²) in [4.78, 5) is 13.1. The Balaban J connectivity index is 1.67. The standard InChI is InChI=1S/C18H23N5OS/c1-10(2)17-20-21-18-23(17)22-15(25-18)7-6-14(24)19-16-12(4)8-11(3)9-13(16)5/h8-10H,6-7H2,1-5H3,(H,19,24). The van der Waals surface area contributed by atoms with Gasteiger partial charge in [-0.15, -0.1) is 10.2 Å². The lowest BCUT2D eigenvalue weighted by Gasteiger charge is -2.12. The number of nitrogens with zero attached hydrogens (tertiary/aromatic N) is 4. The van der Waals surface area contributed by atoms with E-state index >= 15 is 0 Å². The minimum atomic E-state index is 0.00472. The molecule has 0 radical (unpaired) electrons. The van der Waals surface area contributed by atoms with Crippen LogP contribution in [0.3, 0.4) is 0 Å². The van der Waals surface area contributed by atoms with Gasteiger partial charge in [-0.3, -0.25) is 4.79 Å². The number of hydrogen-bond donors (Lipinski definition) is 1. The summed E-state index contributed by atoms with van der Waals surface area (Å²) < 4.78 is 1.79. The predicted octanol–water partition coefficient (Wildman–Crippen LogP) is 3.81. The summed E-state index contributed by atoms with van der Waals surface area (Å²) in [6.07, 6.45) is 0.995. The molecule has 1 N–H and O–H groups in total. The molecule has 0 atom stereocenters. The smallest absolute Gasteiger partial charge is 0.234 e. The van der Waals surface area contributed by atoms with Gasteiger partial charge in [0.2, 0.25) is 10.9 Å². The lowest BCUT2D eigenvalue weighted by atomic mass is 10.0. The second-order valence-electron chi connectivity index (χ2n) is 6.72. The quantitative estimate of drug-likeness (QED) is 0.754. The maximum Gasteiger partial charge on any atom is 0.234 e. The van der Waals surface area contributed by atoms with Gasteiger partial charge < -0.3 is 5.32 Å². The number of aryl methyl sites for hydroxylation is 4. The van der Waals surface area contributed by atoms with Gasteiger partial charge in [0.25, 0.3) is 0 Å². The molecule has 0 aliphatic carbocycles. The van der Waals surface area contributed by atoms with E-state index in [0.29, 0.717) is 12.8 Å². The van der Waals surface area contributed by atoms with Gasteiger partial charge >= 0.3 is 0 Å². The fraction of sp³-hybridized carbons (Fsp3) is 0.444. The summed E-state index contributed by atoms with van der Waals surface area (Å²) in [5, 5.41) is 16.8. The van der Waals surface area contributed by atoms with Gasteiger partial charge in [-0.05, 0) is 31.9 Å². The van der Waals surface area contributed by atoms with E-state index in [1.54, 1.807) is 4.52 Å². The minimum Gasteiger partial charge on any atom is -0.326 e. The van der Waals surface area contributed by atoms with Gasteiger partial charge in [0, 0.05) is 24.4 Å². The van der Waals surface area contributed by atoms with Crippen LogP contribution in [0.4, 0.5) is 5.69 Å². The number of fused-ring (bicyclic) bond motifs is 1. The first-order valence-electron chi connectivity index (χ1n) is 8.44. The average molecular weight is 357 g/mol. The summed E-state index contributed by atoms with van der Waals surface area (Å²) in [5.74, 6) is 1.12. The third kappa shape index (κ3) is 3.71. The lowest BCUT2D eigenvalue weighted by Crippen LogP contribution is -2.14. The number of carbonyl (C=O) groups excluding carboxylic acids is 1. The highest BCUT2D eigenvalue weighted by atomic mass is 32.1. The molecule has 2 heterocycles. The van der Waals surface area contributed by atoms with Crippen molar-refractivity contribution in [3.8, 4) is 0 Å². The van der Waals surface area contributed by atoms with Crippen molar-refractivity contribution < 1.29 is 4.79 Å². The first-order valence-corrected chi connectivity index (χ1v) is 9.25. The van der Waals surface area contributed by atoms with Crippen molar-refractivity contribution in [3.63, 3.8) is 0 Å². The van der Waals surface area contributed by atoms with Crippen LogP contribution in [0.2, 0.25) is 0 Å². The molecule has 0 saturated carbocycles. The Kier molecular flexibility index (Phi) is 4.85. The van der Waals surface area contributed by atoms with Gasteiger partial charge in [-0.25, -0.2) is 0 Å². The SMILES string of the molecule is Cc1cc(C)c(NC(=O)CCc2nn3c(C(C)C)nnc3s2)c(C)c1. The minimum absolute atomic E-state index is 0.00472. The van der Waals surface area contributed by atoms with Crippen LogP contribution in [-0.2, 0) is 11.2 Å². The van der Waals surface area contributed by atoms with Crippen LogP contribution in [-0.4, -0.2) is 25.7 Å². The molecule has 25 heavy (non-hydrogen) atoms. The Morgan fingerprint density at radius 2 is 1.88 bits per heavy atom. The van der Waals surface area contributed by atoms with Gasteiger partial charge in [0.1, 0.15) is 5.01 Å². The van der Waals surface area contributed by atoms with E-state index in [-0.39, 0.29) is 11.8 Å². The van der Waals surface area contributed by atoms with Crippen molar-refractivity contribution >= 4 is 27.9 Å². The van der Waals surface area contributed by atoms with Gasteiger partial charge in [0.05, 0.1) is 0 Å². The molecule has 0 saturated heterocycles. The summed E-state index contributed by atoms with van der Waals surface area (Å²) in [7, 11) is 0. The second-order valence-corrected chi connectivity index (χ2v) is 7.77. The zero-order valence-electron chi connectivity index (χ0n) is 15.3. The highest BCUT2D eigenvalue weighted by molar-refractivity contribution is 7.16. The van der Waals surface area contributed by atoms with E-state index in [2.05, 4.69) is 53.5 Å². The number of nitrogens with one attached hydrogen (secondary N) is 1. The predicted molar refractivity (Wildman–Crippen MR) is 100 cm³/mol. The molecule has 0 fully saturated rings. The molecule has 0 unspecified atom stereocenters.